The molecule has 3 rings (SSSR count). The molecule has 0 bridgehead atoms. The zero-order valence-corrected chi connectivity index (χ0v) is 13.6. The molecule has 0 aliphatic carbocycles. The molecule has 1 saturated heterocycles. The lowest BCUT2D eigenvalue weighted by Crippen LogP contribution is -2.27. The lowest BCUT2D eigenvalue weighted by Gasteiger charge is -2.21. The van der Waals surface area contributed by atoms with Gasteiger partial charge in [-0.05, 0) is 49.6 Å². The van der Waals surface area contributed by atoms with Crippen LogP contribution in [0.4, 0.5) is 0 Å². The second-order valence-electron chi connectivity index (χ2n) is 5.85. The predicted molar refractivity (Wildman–Crippen MR) is 87.2 cm³/mol. The second-order valence-corrected chi connectivity index (χ2v) is 6.76. The molecule has 1 aliphatic rings. The highest BCUT2D eigenvalue weighted by molar-refractivity contribution is 9.10. The summed E-state index contributed by atoms with van der Waals surface area (Å²) in [5.41, 5.74) is 7.15. The molecule has 0 saturated carbocycles. The monoisotopic (exact) mass is 350 g/mol. The minimum atomic E-state index is -0.294. The van der Waals surface area contributed by atoms with Crippen molar-refractivity contribution in [1.29, 1.82) is 0 Å². The Bertz CT molecular complexity index is 713. The van der Waals surface area contributed by atoms with Gasteiger partial charge < -0.3 is 10.2 Å². The van der Waals surface area contributed by atoms with E-state index >= 15 is 0 Å². The lowest BCUT2D eigenvalue weighted by atomic mass is 10.1. The van der Waals surface area contributed by atoms with Gasteiger partial charge in [0.25, 0.3) is 0 Å². The molecule has 21 heavy (non-hydrogen) atoms. The van der Waals surface area contributed by atoms with Crippen LogP contribution in [-0.4, -0.2) is 24.0 Å². The number of hydrogen-bond acceptors (Lipinski definition) is 4. The molecule has 2 heterocycles. The molecule has 2 N–H and O–H groups in total. The molecule has 0 amide bonds. The number of nitrogens with zero attached hydrogens (tertiary/aromatic N) is 1. The molecule has 1 aromatic heterocycles. The maximum atomic E-state index is 11.8. The van der Waals surface area contributed by atoms with Crippen LogP contribution in [0.1, 0.15) is 18.9 Å². The molecule has 5 heteroatoms. The van der Waals surface area contributed by atoms with E-state index in [4.69, 9.17) is 10.2 Å². The van der Waals surface area contributed by atoms with E-state index < -0.39 is 0 Å². The van der Waals surface area contributed by atoms with Crippen molar-refractivity contribution < 1.29 is 4.42 Å². The van der Waals surface area contributed by atoms with Gasteiger partial charge in [0.2, 0.25) is 0 Å². The molecular formula is C16H19BrN2O2. The number of likely N-dealkylation sites (tertiary alicyclic amines) is 1. The molecular weight excluding hydrogens is 332 g/mol. The molecule has 1 aromatic carbocycles. The molecule has 2 atom stereocenters. The first-order valence-electron chi connectivity index (χ1n) is 7.23. The first-order valence-corrected chi connectivity index (χ1v) is 8.02. The van der Waals surface area contributed by atoms with Crippen molar-refractivity contribution >= 4 is 26.9 Å². The molecule has 1 aliphatic heterocycles. The number of rotatable bonds is 3. The maximum Gasteiger partial charge on any atom is 0.336 e. The van der Waals surface area contributed by atoms with Crippen molar-refractivity contribution in [2.45, 2.75) is 25.9 Å². The van der Waals surface area contributed by atoms with Gasteiger partial charge in [-0.3, -0.25) is 4.90 Å². The standard InChI is InChI=1S/C16H19BrN2O2/c1-10-4-11(7-18)8-19(10)9-12-5-16(20)21-15-6-13(17)2-3-14(12)15/h2-3,5-6,10-11H,4,7-9,18H2,1H3. The Morgan fingerprint density at radius 3 is 2.95 bits per heavy atom. The van der Waals surface area contributed by atoms with Crippen molar-refractivity contribution in [2.24, 2.45) is 11.7 Å². The van der Waals surface area contributed by atoms with Gasteiger partial charge in [0.05, 0.1) is 0 Å². The minimum absolute atomic E-state index is 0.294. The van der Waals surface area contributed by atoms with Gasteiger partial charge in [-0.2, -0.15) is 0 Å². The van der Waals surface area contributed by atoms with Crippen molar-refractivity contribution in [1.82, 2.24) is 4.90 Å². The quantitative estimate of drug-likeness (QED) is 0.864. The van der Waals surface area contributed by atoms with E-state index in [0.717, 1.165) is 41.5 Å². The summed E-state index contributed by atoms with van der Waals surface area (Å²) in [5.74, 6) is 0.556. The Labute approximate surface area is 132 Å². The van der Waals surface area contributed by atoms with Crippen LogP contribution in [0.5, 0.6) is 0 Å². The number of fused-ring (bicyclic) bond motifs is 1. The highest BCUT2D eigenvalue weighted by Gasteiger charge is 2.28. The van der Waals surface area contributed by atoms with Crippen LogP contribution in [0.2, 0.25) is 0 Å². The summed E-state index contributed by atoms with van der Waals surface area (Å²) in [7, 11) is 0. The molecule has 2 unspecified atom stereocenters. The van der Waals surface area contributed by atoms with E-state index in [-0.39, 0.29) is 5.63 Å². The van der Waals surface area contributed by atoms with Gasteiger partial charge >= 0.3 is 5.63 Å². The topological polar surface area (TPSA) is 59.5 Å². The molecule has 4 nitrogen and oxygen atoms in total. The Hall–Kier alpha value is -1.17. The summed E-state index contributed by atoms with van der Waals surface area (Å²) in [6, 6.07) is 7.92. The van der Waals surface area contributed by atoms with E-state index in [1.165, 1.54) is 0 Å². The summed E-state index contributed by atoms with van der Waals surface area (Å²) in [4.78, 5) is 14.2. The van der Waals surface area contributed by atoms with Crippen molar-refractivity contribution in [3.63, 3.8) is 0 Å². The highest BCUT2D eigenvalue weighted by atomic mass is 79.9. The summed E-state index contributed by atoms with van der Waals surface area (Å²) < 4.78 is 6.20. The van der Waals surface area contributed by atoms with Gasteiger partial charge in [0.15, 0.2) is 0 Å². The number of halogens is 1. The van der Waals surface area contributed by atoms with Crippen LogP contribution < -0.4 is 11.4 Å². The van der Waals surface area contributed by atoms with Crippen LogP contribution in [-0.2, 0) is 6.54 Å². The lowest BCUT2D eigenvalue weighted by molar-refractivity contribution is 0.256. The summed E-state index contributed by atoms with van der Waals surface area (Å²) in [5, 5.41) is 1.00. The largest absolute Gasteiger partial charge is 0.423 e. The summed E-state index contributed by atoms with van der Waals surface area (Å²) in [6.45, 7) is 4.71. The number of hydrogen-bond donors (Lipinski definition) is 1. The van der Waals surface area contributed by atoms with Gasteiger partial charge in [0.1, 0.15) is 5.58 Å². The SMILES string of the molecule is CC1CC(CN)CN1Cc1cc(=O)oc2cc(Br)ccc12. The fourth-order valence-electron chi connectivity index (χ4n) is 3.16. The molecule has 2 aromatic rings. The van der Waals surface area contributed by atoms with Gasteiger partial charge in [-0.25, -0.2) is 4.79 Å². The summed E-state index contributed by atoms with van der Waals surface area (Å²) >= 11 is 3.41. The molecule has 0 spiro atoms. The average molecular weight is 351 g/mol. The zero-order valence-electron chi connectivity index (χ0n) is 12.0. The zero-order chi connectivity index (χ0) is 15.0. The third-order valence-corrected chi connectivity index (χ3v) is 4.78. The minimum Gasteiger partial charge on any atom is -0.423 e. The Balaban J connectivity index is 1.95. The second kappa shape index (κ2) is 5.91. The molecule has 0 radical (unpaired) electrons. The van der Waals surface area contributed by atoms with Crippen LogP contribution in [0.25, 0.3) is 11.0 Å². The van der Waals surface area contributed by atoms with E-state index in [1.54, 1.807) is 6.07 Å². The van der Waals surface area contributed by atoms with E-state index in [1.807, 2.05) is 18.2 Å². The molecule has 1 fully saturated rings. The van der Waals surface area contributed by atoms with Crippen molar-refractivity contribution in [3.8, 4) is 0 Å². The fraction of sp³-hybridized carbons (Fsp3) is 0.438. The fourth-order valence-corrected chi connectivity index (χ4v) is 3.50. The summed E-state index contributed by atoms with van der Waals surface area (Å²) in [6.07, 6.45) is 1.13. The third-order valence-electron chi connectivity index (χ3n) is 4.29. The van der Waals surface area contributed by atoms with Gasteiger partial charge in [-0.1, -0.05) is 15.9 Å². The van der Waals surface area contributed by atoms with Crippen LogP contribution in [0.15, 0.2) is 37.9 Å². The van der Waals surface area contributed by atoms with Crippen LogP contribution in [0, 0.1) is 5.92 Å². The highest BCUT2D eigenvalue weighted by Crippen LogP contribution is 2.27. The average Bonchev–Trinajstić information content (AvgIpc) is 2.78. The smallest absolute Gasteiger partial charge is 0.336 e. The number of nitrogens with two attached hydrogens (primary N) is 1. The van der Waals surface area contributed by atoms with Crippen LogP contribution >= 0.6 is 15.9 Å². The normalized spacial score (nSPS) is 23.0. The Kier molecular flexibility index (Phi) is 4.15. The van der Waals surface area contributed by atoms with E-state index in [9.17, 15) is 4.79 Å². The van der Waals surface area contributed by atoms with E-state index in [0.29, 0.717) is 17.5 Å². The maximum absolute atomic E-state index is 11.8. The predicted octanol–water partition coefficient (Wildman–Crippen LogP) is 2.72. The molecule has 112 valence electrons. The van der Waals surface area contributed by atoms with Gasteiger partial charge in [0, 0.05) is 35.1 Å². The first kappa shape index (κ1) is 14.8. The van der Waals surface area contributed by atoms with Gasteiger partial charge in [-0.15, -0.1) is 0 Å². The van der Waals surface area contributed by atoms with E-state index in [2.05, 4.69) is 27.8 Å². The van der Waals surface area contributed by atoms with Crippen molar-refractivity contribution in [2.75, 3.05) is 13.1 Å². The Morgan fingerprint density at radius 2 is 2.24 bits per heavy atom. The Morgan fingerprint density at radius 1 is 1.43 bits per heavy atom. The third kappa shape index (κ3) is 3.05. The van der Waals surface area contributed by atoms with Crippen LogP contribution in [0.3, 0.4) is 0 Å². The first-order chi connectivity index (χ1) is 10.1. The number of benzene rings is 1. The van der Waals surface area contributed by atoms with Crippen molar-refractivity contribution in [3.05, 3.63) is 44.7 Å².